The van der Waals surface area contributed by atoms with Gasteiger partial charge in [-0.2, -0.15) is 8.42 Å². The van der Waals surface area contributed by atoms with Crippen LogP contribution in [0.2, 0.25) is 0 Å². The lowest BCUT2D eigenvalue weighted by Crippen LogP contribution is -2.02. The van der Waals surface area contributed by atoms with Crippen LogP contribution in [0.3, 0.4) is 0 Å². The molecule has 1 aromatic rings. The number of hydrazine groups is 1. The van der Waals surface area contributed by atoms with Gasteiger partial charge < -0.3 is 0 Å². The molecule has 0 aliphatic carbocycles. The number of hydrogen-bond acceptors (Lipinski definition) is 4. The first kappa shape index (κ1) is 11.1. The highest BCUT2D eigenvalue weighted by molar-refractivity contribution is 7.85. The van der Waals surface area contributed by atoms with Gasteiger partial charge in [-0.1, -0.05) is 18.2 Å². The number of hydrogen-bond donors (Lipinski definition) is 3. The molecule has 0 spiro atoms. The van der Waals surface area contributed by atoms with Gasteiger partial charge in [0.2, 0.25) is 0 Å². The minimum absolute atomic E-state index is 0.0741. The second-order valence-electron chi connectivity index (χ2n) is 1.79. The standard InChI is InChI=1S/C6H6O3S.H4N2/c7-10(8,9)6-4-2-1-3-5-6;1-2/h1-5H,(H,7,8,9);1-2H2. The van der Waals surface area contributed by atoms with E-state index in [1.54, 1.807) is 18.2 Å². The van der Waals surface area contributed by atoms with Crippen molar-refractivity contribution in [2.45, 2.75) is 4.90 Å². The predicted molar refractivity (Wildman–Crippen MR) is 44.6 cm³/mol. The smallest absolute Gasteiger partial charge is 0.282 e. The monoisotopic (exact) mass is 190 g/mol. The first-order valence-electron chi connectivity index (χ1n) is 2.96. The molecule has 5 N–H and O–H groups in total. The van der Waals surface area contributed by atoms with Gasteiger partial charge in [0.1, 0.15) is 0 Å². The van der Waals surface area contributed by atoms with Crippen LogP contribution >= 0.6 is 0 Å². The number of rotatable bonds is 1. The Morgan fingerprint density at radius 2 is 1.50 bits per heavy atom. The predicted octanol–water partition coefficient (Wildman–Crippen LogP) is -0.248. The van der Waals surface area contributed by atoms with Crippen LogP contribution in [0.1, 0.15) is 0 Å². The summed E-state index contributed by atoms with van der Waals surface area (Å²) in [4.78, 5) is -0.0741. The van der Waals surface area contributed by atoms with Gasteiger partial charge in [0.05, 0.1) is 4.90 Å². The summed E-state index contributed by atoms with van der Waals surface area (Å²) in [6.07, 6.45) is 0. The molecule has 1 rings (SSSR count). The lowest BCUT2D eigenvalue weighted by Gasteiger charge is -1.92. The van der Waals surface area contributed by atoms with Crippen LogP contribution in [0.15, 0.2) is 35.2 Å². The Balaban J connectivity index is 0.000000561. The third-order valence-corrected chi connectivity index (χ3v) is 1.91. The van der Waals surface area contributed by atoms with Gasteiger partial charge in [0.25, 0.3) is 10.1 Å². The fourth-order valence-electron chi connectivity index (χ4n) is 0.592. The van der Waals surface area contributed by atoms with E-state index in [0.29, 0.717) is 0 Å². The summed E-state index contributed by atoms with van der Waals surface area (Å²) in [6.45, 7) is 0. The fraction of sp³-hybridized carbons (Fsp3) is 0. The van der Waals surface area contributed by atoms with E-state index in [4.69, 9.17) is 4.55 Å². The lowest BCUT2D eigenvalue weighted by molar-refractivity contribution is 0.483. The third kappa shape index (κ3) is 3.44. The maximum absolute atomic E-state index is 10.4. The van der Waals surface area contributed by atoms with E-state index in [9.17, 15) is 8.42 Å². The molecule has 6 heteroatoms. The van der Waals surface area contributed by atoms with Crippen LogP contribution in [0.25, 0.3) is 0 Å². The molecular formula is C6H10N2O3S. The molecule has 0 atom stereocenters. The van der Waals surface area contributed by atoms with Crippen molar-refractivity contribution >= 4 is 10.1 Å². The Kier molecular flexibility index (Phi) is 4.45. The quantitative estimate of drug-likeness (QED) is 0.321. The highest BCUT2D eigenvalue weighted by Gasteiger charge is 2.05. The fourth-order valence-corrected chi connectivity index (χ4v) is 1.09. The Labute approximate surface area is 70.7 Å². The van der Waals surface area contributed by atoms with Crippen LogP contribution in [0.4, 0.5) is 0 Å². The zero-order valence-corrected chi connectivity index (χ0v) is 7.03. The van der Waals surface area contributed by atoms with Crippen molar-refractivity contribution in [3.05, 3.63) is 30.3 Å². The normalized spacial score (nSPS) is 9.92. The Morgan fingerprint density at radius 1 is 1.08 bits per heavy atom. The second kappa shape index (κ2) is 4.83. The molecular weight excluding hydrogens is 180 g/mol. The molecule has 0 saturated heterocycles. The summed E-state index contributed by atoms with van der Waals surface area (Å²) in [5.74, 6) is 8.00. The van der Waals surface area contributed by atoms with E-state index in [2.05, 4.69) is 11.7 Å². The zero-order chi connectivity index (χ0) is 9.61. The van der Waals surface area contributed by atoms with Crippen molar-refractivity contribution in [3.8, 4) is 0 Å². The van der Waals surface area contributed by atoms with Crippen molar-refractivity contribution in [2.24, 2.45) is 11.7 Å². The van der Waals surface area contributed by atoms with E-state index in [0.717, 1.165) is 0 Å². The Bertz CT molecular complexity index is 309. The highest BCUT2D eigenvalue weighted by atomic mass is 32.2. The van der Waals surface area contributed by atoms with Crippen molar-refractivity contribution in [1.29, 1.82) is 0 Å². The molecule has 0 aliphatic heterocycles. The first-order chi connectivity index (χ1) is 5.61. The van der Waals surface area contributed by atoms with Crippen LogP contribution in [0.5, 0.6) is 0 Å². The Morgan fingerprint density at radius 3 is 1.75 bits per heavy atom. The average molecular weight is 190 g/mol. The Hall–Kier alpha value is -0.950. The average Bonchev–Trinajstić information content (AvgIpc) is 2.08. The summed E-state index contributed by atoms with van der Waals surface area (Å²) >= 11 is 0. The van der Waals surface area contributed by atoms with E-state index >= 15 is 0 Å². The minimum atomic E-state index is -4.00. The highest BCUT2D eigenvalue weighted by Crippen LogP contribution is 2.05. The molecule has 68 valence electrons. The summed E-state index contributed by atoms with van der Waals surface area (Å²) in [5.41, 5.74) is 0. The third-order valence-electron chi connectivity index (χ3n) is 1.04. The van der Waals surface area contributed by atoms with Gasteiger partial charge in [0, 0.05) is 0 Å². The molecule has 0 amide bonds. The van der Waals surface area contributed by atoms with Crippen LogP contribution in [-0.4, -0.2) is 13.0 Å². The van der Waals surface area contributed by atoms with Crippen LogP contribution < -0.4 is 11.7 Å². The van der Waals surface area contributed by atoms with Crippen LogP contribution in [-0.2, 0) is 10.1 Å². The SMILES string of the molecule is NN.O=S(=O)(O)c1ccccc1. The molecule has 12 heavy (non-hydrogen) atoms. The molecule has 0 heterocycles. The molecule has 0 saturated carbocycles. The minimum Gasteiger partial charge on any atom is -0.282 e. The topological polar surface area (TPSA) is 106 Å². The van der Waals surface area contributed by atoms with E-state index < -0.39 is 10.1 Å². The van der Waals surface area contributed by atoms with Gasteiger partial charge in [0.15, 0.2) is 0 Å². The summed E-state index contributed by atoms with van der Waals surface area (Å²) in [5, 5.41) is 0. The largest absolute Gasteiger partial charge is 0.294 e. The van der Waals surface area contributed by atoms with Crippen molar-refractivity contribution in [1.82, 2.24) is 0 Å². The maximum atomic E-state index is 10.4. The lowest BCUT2D eigenvalue weighted by atomic mass is 10.4. The van der Waals surface area contributed by atoms with E-state index in [1.807, 2.05) is 0 Å². The van der Waals surface area contributed by atoms with Gasteiger partial charge in [-0.25, -0.2) is 0 Å². The van der Waals surface area contributed by atoms with E-state index in [-0.39, 0.29) is 4.90 Å². The molecule has 0 bridgehead atoms. The van der Waals surface area contributed by atoms with Gasteiger partial charge in [-0.05, 0) is 12.1 Å². The van der Waals surface area contributed by atoms with Crippen molar-refractivity contribution in [3.63, 3.8) is 0 Å². The molecule has 1 aromatic carbocycles. The molecule has 0 radical (unpaired) electrons. The van der Waals surface area contributed by atoms with Crippen molar-refractivity contribution < 1.29 is 13.0 Å². The molecule has 5 nitrogen and oxygen atoms in total. The van der Waals surface area contributed by atoms with Gasteiger partial charge in [-0.15, -0.1) is 0 Å². The summed E-state index contributed by atoms with van der Waals surface area (Å²) in [6, 6.07) is 7.42. The second-order valence-corrected chi connectivity index (χ2v) is 3.21. The molecule has 0 aromatic heterocycles. The molecule has 0 aliphatic rings. The van der Waals surface area contributed by atoms with Crippen molar-refractivity contribution in [2.75, 3.05) is 0 Å². The van der Waals surface area contributed by atoms with E-state index in [1.165, 1.54) is 12.1 Å². The number of benzene rings is 1. The van der Waals surface area contributed by atoms with Crippen LogP contribution in [0, 0.1) is 0 Å². The summed E-state index contributed by atoms with van der Waals surface area (Å²) < 4.78 is 29.2. The molecule has 0 fully saturated rings. The summed E-state index contributed by atoms with van der Waals surface area (Å²) in [7, 11) is -4.00. The molecule has 0 unspecified atom stereocenters. The zero-order valence-electron chi connectivity index (χ0n) is 6.21. The van der Waals surface area contributed by atoms with Gasteiger partial charge >= 0.3 is 0 Å². The maximum Gasteiger partial charge on any atom is 0.294 e. The first-order valence-corrected chi connectivity index (χ1v) is 4.40. The van der Waals surface area contributed by atoms with Gasteiger partial charge in [-0.3, -0.25) is 16.2 Å². The number of nitrogens with two attached hydrogens (primary N) is 2.